The third kappa shape index (κ3) is 5.91. The van der Waals surface area contributed by atoms with E-state index in [1.165, 1.54) is 12.1 Å². The van der Waals surface area contributed by atoms with Crippen molar-refractivity contribution in [1.82, 2.24) is 5.32 Å². The molecule has 0 saturated carbocycles. The van der Waals surface area contributed by atoms with Crippen molar-refractivity contribution in [3.05, 3.63) is 71.3 Å². The van der Waals surface area contributed by atoms with E-state index in [0.717, 1.165) is 17.7 Å². The quantitative estimate of drug-likeness (QED) is 0.790. The summed E-state index contributed by atoms with van der Waals surface area (Å²) >= 11 is 0. The summed E-state index contributed by atoms with van der Waals surface area (Å²) < 4.78 is 38.2. The van der Waals surface area contributed by atoms with E-state index in [2.05, 4.69) is 5.32 Å². The van der Waals surface area contributed by atoms with E-state index in [9.17, 15) is 27.9 Å². The number of aryl methyl sites for hydroxylation is 1. The normalized spacial score (nSPS) is 12.4. The first-order valence-electron chi connectivity index (χ1n) is 7.98. The first-order chi connectivity index (χ1) is 12.3. The highest BCUT2D eigenvalue weighted by Gasteiger charge is 2.31. The Balaban J connectivity index is 1.98. The lowest BCUT2D eigenvalue weighted by atomic mass is 10.0. The minimum absolute atomic E-state index is 0.0936. The van der Waals surface area contributed by atoms with E-state index >= 15 is 0 Å². The Hall–Kier alpha value is -2.83. The third-order valence-electron chi connectivity index (χ3n) is 3.81. The summed E-state index contributed by atoms with van der Waals surface area (Å²) in [6, 6.07) is 12.4. The summed E-state index contributed by atoms with van der Waals surface area (Å²) in [6.07, 6.45) is -4.19. The number of carboxylic acids is 1. The second kappa shape index (κ2) is 8.51. The zero-order valence-corrected chi connectivity index (χ0v) is 13.8. The van der Waals surface area contributed by atoms with Gasteiger partial charge in [0.1, 0.15) is 6.04 Å². The third-order valence-corrected chi connectivity index (χ3v) is 3.81. The molecule has 138 valence electrons. The van der Waals surface area contributed by atoms with Crippen molar-refractivity contribution in [3.63, 3.8) is 0 Å². The molecule has 0 radical (unpaired) electrons. The van der Waals surface area contributed by atoms with Crippen molar-refractivity contribution >= 4 is 11.9 Å². The van der Waals surface area contributed by atoms with E-state index in [4.69, 9.17) is 0 Å². The first kappa shape index (κ1) is 19.5. The highest BCUT2D eigenvalue weighted by Crippen LogP contribution is 2.29. The molecule has 7 heteroatoms. The van der Waals surface area contributed by atoms with Gasteiger partial charge in [-0.15, -0.1) is 0 Å². The molecule has 2 aromatic carbocycles. The minimum atomic E-state index is -4.51. The number of alkyl halides is 3. The van der Waals surface area contributed by atoms with Gasteiger partial charge in [-0.3, -0.25) is 4.79 Å². The van der Waals surface area contributed by atoms with Gasteiger partial charge in [-0.25, -0.2) is 4.79 Å². The predicted octanol–water partition coefficient (Wildman–Crippen LogP) is 3.45. The maximum Gasteiger partial charge on any atom is 0.416 e. The SMILES string of the molecule is O=C(CCc1ccccc1)N[C@@H](Cc1cccc(C(F)(F)F)c1)C(=O)O. The standard InChI is InChI=1S/C19H18F3NO3/c20-19(21,22)15-8-4-7-14(11-15)12-16(18(25)26)23-17(24)10-9-13-5-2-1-3-6-13/h1-8,11,16H,9-10,12H2,(H,23,24)(H,25,26)/t16-/m0/s1. The molecule has 0 saturated heterocycles. The predicted molar refractivity (Wildman–Crippen MR) is 89.5 cm³/mol. The number of benzene rings is 2. The molecule has 0 spiro atoms. The molecule has 2 aromatic rings. The van der Waals surface area contributed by atoms with Gasteiger partial charge in [0.15, 0.2) is 0 Å². The van der Waals surface area contributed by atoms with Gasteiger partial charge < -0.3 is 10.4 Å². The second-order valence-corrected chi connectivity index (χ2v) is 5.85. The number of halogens is 3. The van der Waals surface area contributed by atoms with Crippen molar-refractivity contribution in [3.8, 4) is 0 Å². The number of hydrogen-bond acceptors (Lipinski definition) is 2. The molecule has 2 rings (SSSR count). The van der Waals surface area contributed by atoms with Crippen LogP contribution in [-0.4, -0.2) is 23.0 Å². The molecular weight excluding hydrogens is 347 g/mol. The Morgan fingerprint density at radius 2 is 1.65 bits per heavy atom. The average molecular weight is 365 g/mol. The molecule has 0 aliphatic heterocycles. The number of amides is 1. The van der Waals surface area contributed by atoms with Crippen molar-refractivity contribution in [2.45, 2.75) is 31.5 Å². The Morgan fingerprint density at radius 1 is 1.00 bits per heavy atom. The van der Waals surface area contributed by atoms with Gasteiger partial charge in [-0.05, 0) is 23.6 Å². The van der Waals surface area contributed by atoms with Crippen LogP contribution in [0, 0.1) is 0 Å². The van der Waals surface area contributed by atoms with Gasteiger partial charge in [-0.2, -0.15) is 13.2 Å². The van der Waals surface area contributed by atoms with Gasteiger partial charge in [0.2, 0.25) is 5.91 Å². The molecule has 26 heavy (non-hydrogen) atoms. The zero-order chi connectivity index (χ0) is 19.2. The highest BCUT2D eigenvalue weighted by molar-refractivity contribution is 5.83. The molecule has 0 aliphatic rings. The Morgan fingerprint density at radius 3 is 2.27 bits per heavy atom. The lowest BCUT2D eigenvalue weighted by Crippen LogP contribution is -2.42. The summed E-state index contributed by atoms with van der Waals surface area (Å²) in [7, 11) is 0. The maximum atomic E-state index is 12.7. The lowest BCUT2D eigenvalue weighted by molar-refractivity contribution is -0.141. The van der Waals surface area contributed by atoms with Gasteiger partial charge in [0, 0.05) is 12.8 Å². The summed E-state index contributed by atoms with van der Waals surface area (Å²) in [4.78, 5) is 23.4. The van der Waals surface area contributed by atoms with Gasteiger partial charge in [0.05, 0.1) is 5.56 Å². The van der Waals surface area contributed by atoms with Crippen LogP contribution in [0.1, 0.15) is 23.1 Å². The summed E-state index contributed by atoms with van der Waals surface area (Å²) in [5.41, 5.74) is 0.275. The van der Waals surface area contributed by atoms with Crippen LogP contribution in [-0.2, 0) is 28.6 Å². The fourth-order valence-electron chi connectivity index (χ4n) is 2.48. The fourth-order valence-corrected chi connectivity index (χ4v) is 2.48. The van der Waals surface area contributed by atoms with E-state index in [1.807, 2.05) is 30.3 Å². The fraction of sp³-hybridized carbons (Fsp3) is 0.263. The molecule has 1 amide bonds. The van der Waals surface area contributed by atoms with Gasteiger partial charge in [0.25, 0.3) is 0 Å². The van der Waals surface area contributed by atoms with Crippen LogP contribution in [0.3, 0.4) is 0 Å². The van der Waals surface area contributed by atoms with Crippen molar-refractivity contribution in [2.75, 3.05) is 0 Å². The van der Waals surface area contributed by atoms with E-state index < -0.39 is 29.7 Å². The Kier molecular flexibility index (Phi) is 6.38. The molecule has 0 fully saturated rings. The van der Waals surface area contributed by atoms with Crippen molar-refractivity contribution in [2.24, 2.45) is 0 Å². The summed E-state index contributed by atoms with van der Waals surface area (Å²) in [5, 5.41) is 11.6. The molecule has 0 unspecified atom stereocenters. The Labute approximate surface area is 148 Å². The molecule has 1 atom stereocenters. The van der Waals surface area contributed by atoms with E-state index in [1.54, 1.807) is 0 Å². The zero-order valence-electron chi connectivity index (χ0n) is 13.8. The van der Waals surface area contributed by atoms with Crippen molar-refractivity contribution in [1.29, 1.82) is 0 Å². The highest BCUT2D eigenvalue weighted by atomic mass is 19.4. The van der Waals surface area contributed by atoms with Crippen LogP contribution in [0.25, 0.3) is 0 Å². The number of hydrogen-bond donors (Lipinski definition) is 2. The Bertz CT molecular complexity index is 760. The lowest BCUT2D eigenvalue weighted by Gasteiger charge is -2.16. The van der Waals surface area contributed by atoms with Crippen molar-refractivity contribution < 1.29 is 27.9 Å². The van der Waals surface area contributed by atoms with Gasteiger partial charge >= 0.3 is 12.1 Å². The average Bonchev–Trinajstić information content (AvgIpc) is 2.60. The summed E-state index contributed by atoms with van der Waals surface area (Å²) in [5.74, 6) is -1.76. The minimum Gasteiger partial charge on any atom is -0.480 e. The number of aliphatic carboxylic acids is 1. The number of rotatable bonds is 7. The van der Waals surface area contributed by atoms with E-state index in [0.29, 0.717) is 6.42 Å². The number of carboxylic acid groups (broad SMARTS) is 1. The topological polar surface area (TPSA) is 66.4 Å². The van der Waals surface area contributed by atoms with Crippen LogP contribution in [0.4, 0.5) is 13.2 Å². The number of carbonyl (C=O) groups is 2. The van der Waals surface area contributed by atoms with Crippen LogP contribution in [0.5, 0.6) is 0 Å². The molecule has 2 N–H and O–H groups in total. The number of carbonyl (C=O) groups excluding carboxylic acids is 1. The summed E-state index contributed by atoms with van der Waals surface area (Å²) in [6.45, 7) is 0. The van der Waals surface area contributed by atoms with Crippen LogP contribution in [0.15, 0.2) is 54.6 Å². The second-order valence-electron chi connectivity index (χ2n) is 5.85. The monoisotopic (exact) mass is 365 g/mol. The molecule has 0 aliphatic carbocycles. The number of nitrogens with one attached hydrogen (secondary N) is 1. The molecular formula is C19H18F3NO3. The van der Waals surface area contributed by atoms with Crippen LogP contribution >= 0.6 is 0 Å². The maximum absolute atomic E-state index is 12.7. The largest absolute Gasteiger partial charge is 0.480 e. The molecule has 4 nitrogen and oxygen atoms in total. The van der Waals surface area contributed by atoms with Gasteiger partial charge in [-0.1, -0.05) is 48.5 Å². The van der Waals surface area contributed by atoms with E-state index in [-0.39, 0.29) is 18.4 Å². The van der Waals surface area contributed by atoms with Crippen LogP contribution < -0.4 is 5.32 Å². The molecule has 0 heterocycles. The molecule has 0 bridgehead atoms. The first-order valence-corrected chi connectivity index (χ1v) is 7.98. The molecule has 0 aromatic heterocycles. The van der Waals surface area contributed by atoms with Crippen LogP contribution in [0.2, 0.25) is 0 Å². The smallest absolute Gasteiger partial charge is 0.416 e.